The molecule has 25 heavy (non-hydrogen) atoms. The van der Waals surface area contributed by atoms with E-state index in [1.54, 1.807) is 11.4 Å². The summed E-state index contributed by atoms with van der Waals surface area (Å²) in [6.45, 7) is -0.590. The summed E-state index contributed by atoms with van der Waals surface area (Å²) in [5, 5.41) is 9.07. The van der Waals surface area contributed by atoms with Gasteiger partial charge in [0.1, 0.15) is 0 Å². The number of amides is 4. The minimum Gasteiger partial charge on any atom is -0.459 e. The van der Waals surface area contributed by atoms with Crippen molar-refractivity contribution in [2.45, 2.75) is 6.42 Å². The maximum absolute atomic E-state index is 11.7. The van der Waals surface area contributed by atoms with Gasteiger partial charge in [-0.25, -0.2) is 4.98 Å². The maximum atomic E-state index is 11.7. The Labute approximate surface area is 145 Å². The Hall–Kier alpha value is -3.21. The molecule has 4 amide bonds. The van der Waals surface area contributed by atoms with Crippen LogP contribution in [0.15, 0.2) is 28.2 Å². The van der Waals surface area contributed by atoms with Gasteiger partial charge in [0.2, 0.25) is 17.7 Å². The van der Waals surface area contributed by atoms with E-state index in [0.717, 1.165) is 11.3 Å². The molecule has 0 aliphatic carbocycles. The van der Waals surface area contributed by atoms with Crippen molar-refractivity contribution in [3.8, 4) is 0 Å². The number of nitrogens with zero attached hydrogens (tertiary/aromatic N) is 1. The summed E-state index contributed by atoms with van der Waals surface area (Å²) in [4.78, 5) is 49.7. The maximum Gasteiger partial charge on any atom is 0.287 e. The van der Waals surface area contributed by atoms with Gasteiger partial charge in [-0.2, -0.15) is 0 Å². The molecule has 0 unspecified atom stereocenters. The van der Waals surface area contributed by atoms with E-state index < -0.39 is 23.6 Å². The Bertz CT molecular complexity index is 770. The standard InChI is InChI=1S/C14H15N5O5S/c15-10(20)4-8-7-25-14(18-8)19-12(22)6-16-11(21)5-17-13(23)9-2-1-3-24-9/h1-3,7H,4-6H2,(H2,15,20)(H,16,21)(H,17,23)(H,18,19,22). The third-order valence-electron chi connectivity index (χ3n) is 2.75. The SMILES string of the molecule is NC(=O)Cc1csc(NC(=O)CNC(=O)CNC(=O)c2ccco2)n1. The summed E-state index contributed by atoms with van der Waals surface area (Å²) in [6.07, 6.45) is 1.32. The zero-order valence-corrected chi connectivity index (χ0v) is 13.7. The Morgan fingerprint density at radius 3 is 2.60 bits per heavy atom. The normalized spacial score (nSPS) is 10.1. The second-order valence-electron chi connectivity index (χ2n) is 4.77. The number of carbonyl (C=O) groups is 4. The van der Waals surface area contributed by atoms with Gasteiger partial charge in [-0.15, -0.1) is 11.3 Å². The topological polar surface area (TPSA) is 156 Å². The second-order valence-corrected chi connectivity index (χ2v) is 5.63. The highest BCUT2D eigenvalue weighted by atomic mass is 32.1. The lowest BCUT2D eigenvalue weighted by Gasteiger charge is -2.06. The van der Waals surface area contributed by atoms with Crippen molar-refractivity contribution in [1.82, 2.24) is 15.6 Å². The zero-order chi connectivity index (χ0) is 18.2. The summed E-state index contributed by atoms with van der Waals surface area (Å²) in [5.41, 5.74) is 5.51. The van der Waals surface area contributed by atoms with E-state index in [-0.39, 0.29) is 25.3 Å². The largest absolute Gasteiger partial charge is 0.459 e. The fourth-order valence-electron chi connectivity index (χ4n) is 1.68. The molecule has 2 aromatic heterocycles. The van der Waals surface area contributed by atoms with Crippen LogP contribution in [0.2, 0.25) is 0 Å². The van der Waals surface area contributed by atoms with E-state index in [2.05, 4.69) is 20.9 Å². The Morgan fingerprint density at radius 1 is 1.16 bits per heavy atom. The van der Waals surface area contributed by atoms with Gasteiger partial charge < -0.3 is 26.1 Å². The van der Waals surface area contributed by atoms with Crippen LogP contribution in [0, 0.1) is 0 Å². The van der Waals surface area contributed by atoms with Gasteiger partial charge >= 0.3 is 0 Å². The molecule has 5 N–H and O–H groups in total. The average molecular weight is 365 g/mol. The van der Waals surface area contributed by atoms with Gasteiger partial charge in [0.05, 0.1) is 31.5 Å². The summed E-state index contributed by atoms with van der Waals surface area (Å²) in [7, 11) is 0. The molecule has 0 atom stereocenters. The van der Waals surface area contributed by atoms with Crippen LogP contribution >= 0.6 is 11.3 Å². The van der Waals surface area contributed by atoms with Gasteiger partial charge in [-0.3, -0.25) is 19.2 Å². The number of anilines is 1. The van der Waals surface area contributed by atoms with Crippen LogP contribution in [-0.4, -0.2) is 41.7 Å². The average Bonchev–Trinajstić information content (AvgIpc) is 3.22. The molecule has 2 heterocycles. The summed E-state index contributed by atoms with van der Waals surface area (Å²) in [6, 6.07) is 3.01. The molecule has 0 radical (unpaired) electrons. The van der Waals surface area contributed by atoms with E-state index in [4.69, 9.17) is 10.2 Å². The van der Waals surface area contributed by atoms with Crippen molar-refractivity contribution < 1.29 is 23.6 Å². The zero-order valence-electron chi connectivity index (χ0n) is 12.9. The molecule has 0 aromatic carbocycles. The van der Waals surface area contributed by atoms with Crippen molar-refractivity contribution in [2.75, 3.05) is 18.4 Å². The number of nitrogens with one attached hydrogen (secondary N) is 3. The first-order valence-corrected chi connectivity index (χ1v) is 7.93. The molecule has 0 fully saturated rings. The second kappa shape index (κ2) is 8.59. The molecular formula is C14H15N5O5S. The van der Waals surface area contributed by atoms with E-state index in [0.29, 0.717) is 10.8 Å². The van der Waals surface area contributed by atoms with E-state index in [1.807, 2.05) is 0 Å². The molecule has 132 valence electrons. The van der Waals surface area contributed by atoms with Crippen molar-refractivity contribution in [3.05, 3.63) is 35.2 Å². The number of rotatable bonds is 8. The number of nitrogens with two attached hydrogens (primary N) is 1. The molecule has 11 heteroatoms. The van der Waals surface area contributed by atoms with Crippen LogP contribution in [0.5, 0.6) is 0 Å². The highest BCUT2D eigenvalue weighted by Gasteiger charge is 2.12. The Morgan fingerprint density at radius 2 is 1.92 bits per heavy atom. The Kier molecular flexibility index (Phi) is 6.23. The van der Waals surface area contributed by atoms with Gasteiger partial charge in [-0.1, -0.05) is 0 Å². The minimum atomic E-state index is -0.538. The molecule has 0 aliphatic rings. The summed E-state index contributed by atoms with van der Waals surface area (Å²) in [5.74, 6) is -2.00. The molecule has 10 nitrogen and oxygen atoms in total. The van der Waals surface area contributed by atoms with Crippen LogP contribution in [0.25, 0.3) is 0 Å². The summed E-state index contributed by atoms with van der Waals surface area (Å²) < 4.78 is 4.88. The van der Waals surface area contributed by atoms with E-state index >= 15 is 0 Å². The first kappa shape index (κ1) is 18.1. The highest BCUT2D eigenvalue weighted by Crippen LogP contribution is 2.15. The lowest BCUT2D eigenvalue weighted by Crippen LogP contribution is -2.40. The van der Waals surface area contributed by atoms with Crippen LogP contribution in [0.1, 0.15) is 16.2 Å². The highest BCUT2D eigenvalue weighted by molar-refractivity contribution is 7.13. The number of primary amides is 1. The fraction of sp³-hybridized carbons (Fsp3) is 0.214. The number of furan rings is 1. The van der Waals surface area contributed by atoms with Gasteiger partial charge in [0, 0.05) is 5.38 Å². The third kappa shape index (κ3) is 6.06. The van der Waals surface area contributed by atoms with Crippen molar-refractivity contribution in [3.63, 3.8) is 0 Å². The predicted molar refractivity (Wildman–Crippen MR) is 87.7 cm³/mol. The van der Waals surface area contributed by atoms with E-state index in [9.17, 15) is 19.2 Å². The third-order valence-corrected chi connectivity index (χ3v) is 3.56. The number of hydrogen-bond donors (Lipinski definition) is 4. The number of hydrogen-bond acceptors (Lipinski definition) is 7. The first-order chi connectivity index (χ1) is 11.9. The number of carbonyl (C=O) groups excluding carboxylic acids is 4. The first-order valence-electron chi connectivity index (χ1n) is 7.05. The molecule has 0 aliphatic heterocycles. The van der Waals surface area contributed by atoms with Crippen molar-refractivity contribution in [1.29, 1.82) is 0 Å². The van der Waals surface area contributed by atoms with E-state index in [1.165, 1.54) is 12.3 Å². The van der Waals surface area contributed by atoms with Gasteiger partial charge in [0.25, 0.3) is 5.91 Å². The molecule has 0 spiro atoms. The van der Waals surface area contributed by atoms with Crippen LogP contribution in [0.4, 0.5) is 5.13 Å². The smallest absolute Gasteiger partial charge is 0.287 e. The molecule has 0 bridgehead atoms. The Balaban J connectivity index is 1.68. The molecule has 2 aromatic rings. The van der Waals surface area contributed by atoms with Crippen LogP contribution < -0.4 is 21.7 Å². The lowest BCUT2D eigenvalue weighted by atomic mass is 10.3. The van der Waals surface area contributed by atoms with Gasteiger partial charge in [-0.05, 0) is 12.1 Å². The number of aromatic nitrogens is 1. The molecule has 0 saturated carbocycles. The quantitative estimate of drug-likeness (QED) is 0.482. The lowest BCUT2D eigenvalue weighted by molar-refractivity contribution is -0.123. The molecule has 0 saturated heterocycles. The van der Waals surface area contributed by atoms with Crippen LogP contribution in [0.3, 0.4) is 0 Å². The number of thiazole rings is 1. The predicted octanol–water partition coefficient (Wildman–Crippen LogP) is -0.751. The molecule has 2 rings (SSSR count). The van der Waals surface area contributed by atoms with Crippen molar-refractivity contribution in [2.24, 2.45) is 5.73 Å². The minimum absolute atomic E-state index is 0.0154. The van der Waals surface area contributed by atoms with Crippen LogP contribution in [-0.2, 0) is 20.8 Å². The van der Waals surface area contributed by atoms with Crippen molar-refractivity contribution >= 4 is 40.1 Å². The monoisotopic (exact) mass is 365 g/mol. The fourth-order valence-corrected chi connectivity index (χ4v) is 2.41. The summed E-state index contributed by atoms with van der Waals surface area (Å²) >= 11 is 1.14. The molecular weight excluding hydrogens is 350 g/mol. The van der Waals surface area contributed by atoms with Gasteiger partial charge in [0.15, 0.2) is 10.9 Å².